The van der Waals surface area contributed by atoms with Crippen LogP contribution >= 0.6 is 0 Å². The van der Waals surface area contributed by atoms with E-state index in [0.29, 0.717) is 0 Å². The molecule has 1 heterocycles. The largest absolute Gasteiger partial charge is 0.444 e. The van der Waals surface area contributed by atoms with Crippen molar-refractivity contribution >= 4 is 5.97 Å². The van der Waals surface area contributed by atoms with Gasteiger partial charge >= 0.3 is 5.97 Å². The highest BCUT2D eigenvalue weighted by atomic mass is 16.5. The zero-order valence-electron chi connectivity index (χ0n) is 8.15. The highest BCUT2D eigenvalue weighted by molar-refractivity contribution is 5.66. The summed E-state index contributed by atoms with van der Waals surface area (Å²) in [7, 11) is 0. The molecular weight excluding hydrogens is 178 g/mol. The van der Waals surface area contributed by atoms with Crippen LogP contribution in [0.15, 0.2) is 18.3 Å². The minimum Gasteiger partial charge on any atom is -0.444 e. The molecular formula is C11H11NO2. The molecule has 0 radical (unpaired) electrons. The molecule has 1 aromatic heterocycles. The molecule has 0 N–H and O–H groups in total. The zero-order chi connectivity index (χ0) is 10.6. The third-order valence-electron chi connectivity index (χ3n) is 1.77. The second-order valence-electron chi connectivity index (χ2n) is 2.83. The highest BCUT2D eigenvalue weighted by Crippen LogP contribution is 2.18. The summed E-state index contributed by atoms with van der Waals surface area (Å²) in [5.74, 6) is 2.02. The Hall–Kier alpha value is -1.82. The van der Waals surface area contributed by atoms with E-state index < -0.39 is 12.1 Å². The van der Waals surface area contributed by atoms with E-state index in [0.717, 1.165) is 11.3 Å². The number of ether oxygens (including phenoxy) is 1. The van der Waals surface area contributed by atoms with Crippen molar-refractivity contribution in [3.8, 4) is 12.3 Å². The van der Waals surface area contributed by atoms with Crippen LogP contribution in [0.5, 0.6) is 0 Å². The zero-order valence-corrected chi connectivity index (χ0v) is 8.15. The maximum atomic E-state index is 10.8. The fourth-order valence-corrected chi connectivity index (χ4v) is 1.13. The minimum absolute atomic E-state index is 0.392. The molecule has 0 aromatic carbocycles. The van der Waals surface area contributed by atoms with Crippen LogP contribution < -0.4 is 0 Å². The number of carbonyl (C=O) groups is 1. The Morgan fingerprint density at radius 1 is 1.71 bits per heavy atom. The minimum atomic E-state index is -0.638. The van der Waals surface area contributed by atoms with E-state index in [2.05, 4.69) is 10.9 Å². The van der Waals surface area contributed by atoms with E-state index in [-0.39, 0.29) is 0 Å². The van der Waals surface area contributed by atoms with Crippen LogP contribution in [-0.2, 0) is 9.53 Å². The van der Waals surface area contributed by atoms with E-state index in [4.69, 9.17) is 11.2 Å². The smallest absolute Gasteiger partial charge is 0.304 e. The van der Waals surface area contributed by atoms with Gasteiger partial charge in [0.05, 0.1) is 0 Å². The first-order valence-corrected chi connectivity index (χ1v) is 4.20. The number of pyridine rings is 1. The van der Waals surface area contributed by atoms with Crippen LogP contribution in [0.2, 0.25) is 0 Å². The predicted octanol–water partition coefficient (Wildman–Crippen LogP) is 1.63. The number of aryl methyl sites for hydroxylation is 1. The van der Waals surface area contributed by atoms with Crippen LogP contribution in [0, 0.1) is 19.3 Å². The summed E-state index contributed by atoms with van der Waals surface area (Å²) in [6.45, 7) is 3.15. The Bertz CT molecular complexity index is 379. The SMILES string of the molecule is C#CC(OC(C)=O)c1cccnc1C. The topological polar surface area (TPSA) is 39.2 Å². The van der Waals surface area contributed by atoms with Crippen molar-refractivity contribution in [3.63, 3.8) is 0 Å². The van der Waals surface area contributed by atoms with Gasteiger partial charge < -0.3 is 4.74 Å². The summed E-state index contributed by atoms with van der Waals surface area (Å²) in [5.41, 5.74) is 1.53. The Morgan fingerprint density at radius 2 is 2.43 bits per heavy atom. The van der Waals surface area contributed by atoms with Gasteiger partial charge in [0.15, 0.2) is 6.10 Å². The van der Waals surface area contributed by atoms with Crippen molar-refractivity contribution in [3.05, 3.63) is 29.6 Å². The van der Waals surface area contributed by atoms with Crippen molar-refractivity contribution in [2.24, 2.45) is 0 Å². The Kier molecular flexibility index (Phi) is 3.24. The van der Waals surface area contributed by atoms with Crippen molar-refractivity contribution in [2.45, 2.75) is 20.0 Å². The average molecular weight is 189 g/mol. The van der Waals surface area contributed by atoms with Gasteiger partial charge in [-0.25, -0.2) is 0 Å². The number of rotatable bonds is 2. The van der Waals surface area contributed by atoms with Crippen molar-refractivity contribution < 1.29 is 9.53 Å². The van der Waals surface area contributed by atoms with Gasteiger partial charge in [-0.2, -0.15) is 0 Å². The predicted molar refractivity (Wildman–Crippen MR) is 52.3 cm³/mol. The van der Waals surface area contributed by atoms with Gasteiger partial charge in [-0.1, -0.05) is 12.0 Å². The van der Waals surface area contributed by atoms with Crippen molar-refractivity contribution in [2.75, 3.05) is 0 Å². The first kappa shape index (κ1) is 10.3. The van der Waals surface area contributed by atoms with E-state index in [9.17, 15) is 4.79 Å². The lowest BCUT2D eigenvalue weighted by atomic mass is 10.1. The van der Waals surface area contributed by atoms with Crippen molar-refractivity contribution in [1.82, 2.24) is 4.98 Å². The second-order valence-corrected chi connectivity index (χ2v) is 2.83. The van der Waals surface area contributed by atoms with Gasteiger partial charge in [0.2, 0.25) is 0 Å². The number of hydrogen-bond donors (Lipinski definition) is 0. The maximum Gasteiger partial charge on any atom is 0.304 e. The number of esters is 1. The molecule has 1 atom stereocenters. The molecule has 0 saturated carbocycles. The number of carbonyl (C=O) groups excluding carboxylic acids is 1. The van der Waals surface area contributed by atoms with E-state index in [1.54, 1.807) is 18.3 Å². The summed E-state index contributed by atoms with van der Waals surface area (Å²) < 4.78 is 4.95. The molecule has 0 aliphatic rings. The molecule has 3 heteroatoms. The molecule has 0 fully saturated rings. The molecule has 0 aliphatic carbocycles. The third kappa shape index (κ3) is 2.33. The van der Waals surface area contributed by atoms with Crippen LogP contribution in [0.1, 0.15) is 24.3 Å². The Balaban J connectivity index is 2.96. The van der Waals surface area contributed by atoms with Gasteiger partial charge in [-0.15, -0.1) is 6.42 Å². The van der Waals surface area contributed by atoms with Gasteiger partial charge in [-0.3, -0.25) is 9.78 Å². The van der Waals surface area contributed by atoms with Crippen LogP contribution in [0.25, 0.3) is 0 Å². The lowest BCUT2D eigenvalue weighted by molar-refractivity contribution is -0.144. The van der Waals surface area contributed by atoms with E-state index >= 15 is 0 Å². The molecule has 0 amide bonds. The van der Waals surface area contributed by atoms with Crippen molar-refractivity contribution in [1.29, 1.82) is 0 Å². The second kappa shape index (κ2) is 4.43. The molecule has 0 aliphatic heterocycles. The Morgan fingerprint density at radius 3 is 2.93 bits per heavy atom. The average Bonchev–Trinajstić information content (AvgIpc) is 2.15. The summed E-state index contributed by atoms with van der Waals surface area (Å²) in [6, 6.07) is 3.56. The molecule has 14 heavy (non-hydrogen) atoms. The number of terminal acetylenes is 1. The fraction of sp³-hybridized carbons (Fsp3) is 0.273. The normalized spacial score (nSPS) is 11.5. The van der Waals surface area contributed by atoms with Gasteiger partial charge in [-0.05, 0) is 13.0 Å². The first-order chi connectivity index (χ1) is 6.65. The summed E-state index contributed by atoms with van der Waals surface area (Å²) in [5, 5.41) is 0. The summed E-state index contributed by atoms with van der Waals surface area (Å²) >= 11 is 0. The molecule has 0 bridgehead atoms. The third-order valence-corrected chi connectivity index (χ3v) is 1.77. The summed E-state index contributed by atoms with van der Waals surface area (Å²) in [6.07, 6.45) is 6.30. The van der Waals surface area contributed by atoms with Gasteiger partial charge in [0.25, 0.3) is 0 Å². The molecule has 3 nitrogen and oxygen atoms in total. The van der Waals surface area contributed by atoms with Crippen LogP contribution in [0.4, 0.5) is 0 Å². The molecule has 0 spiro atoms. The maximum absolute atomic E-state index is 10.8. The van der Waals surface area contributed by atoms with E-state index in [1.807, 2.05) is 6.92 Å². The van der Waals surface area contributed by atoms with Gasteiger partial charge in [0.1, 0.15) is 0 Å². The molecule has 0 saturated heterocycles. The molecule has 1 unspecified atom stereocenters. The summed E-state index contributed by atoms with van der Waals surface area (Å²) in [4.78, 5) is 14.8. The first-order valence-electron chi connectivity index (χ1n) is 4.20. The quantitative estimate of drug-likeness (QED) is 0.524. The molecule has 72 valence electrons. The monoisotopic (exact) mass is 189 g/mol. The lowest BCUT2D eigenvalue weighted by Crippen LogP contribution is -2.08. The standard InChI is InChI=1S/C11H11NO2/c1-4-11(14-9(3)13)10-6-5-7-12-8(10)2/h1,5-7,11H,2-3H3. The highest BCUT2D eigenvalue weighted by Gasteiger charge is 2.13. The molecule has 1 aromatic rings. The fourth-order valence-electron chi connectivity index (χ4n) is 1.13. The number of hydrogen-bond acceptors (Lipinski definition) is 3. The van der Waals surface area contributed by atoms with E-state index in [1.165, 1.54) is 6.92 Å². The lowest BCUT2D eigenvalue weighted by Gasteiger charge is -2.12. The molecule has 1 rings (SSSR count). The Labute approximate surface area is 83.1 Å². The van der Waals surface area contributed by atoms with Crippen LogP contribution in [0.3, 0.4) is 0 Å². The van der Waals surface area contributed by atoms with Crippen LogP contribution in [-0.4, -0.2) is 11.0 Å². The number of nitrogens with zero attached hydrogens (tertiary/aromatic N) is 1. The van der Waals surface area contributed by atoms with Gasteiger partial charge in [0, 0.05) is 24.4 Å². The number of aromatic nitrogens is 1.